The number of rotatable bonds is 7. The van der Waals surface area contributed by atoms with Gasteiger partial charge in [-0.1, -0.05) is 64.1 Å². The molecule has 0 bridgehead atoms. The van der Waals surface area contributed by atoms with Crippen molar-refractivity contribution in [2.45, 2.75) is 40.0 Å². The Labute approximate surface area is 177 Å². The van der Waals surface area contributed by atoms with E-state index >= 15 is 0 Å². The average Bonchev–Trinajstić information content (AvgIpc) is 3.19. The maximum absolute atomic E-state index is 9.58. The molecule has 1 aromatic heterocycles. The van der Waals surface area contributed by atoms with Gasteiger partial charge in [0.2, 0.25) is 0 Å². The lowest BCUT2D eigenvalue weighted by Crippen LogP contribution is -1.93. The summed E-state index contributed by atoms with van der Waals surface area (Å²) in [4.78, 5) is 4.68. The Hall–Kier alpha value is -2.90. The van der Waals surface area contributed by atoms with Gasteiger partial charge in [0.05, 0.1) is 5.69 Å². The number of nitriles is 1. The van der Waals surface area contributed by atoms with E-state index in [2.05, 4.69) is 80.5 Å². The molecular weight excluding hydrogens is 374 g/mol. The van der Waals surface area contributed by atoms with Crippen LogP contribution in [0.15, 0.2) is 60.1 Å². The Kier molecular flexibility index (Phi) is 6.85. The van der Waals surface area contributed by atoms with Crippen molar-refractivity contribution in [2.75, 3.05) is 5.32 Å². The molecule has 0 spiro atoms. The molecule has 0 fully saturated rings. The average molecular weight is 402 g/mol. The third kappa shape index (κ3) is 5.56. The van der Waals surface area contributed by atoms with Crippen LogP contribution in [-0.4, -0.2) is 4.98 Å². The minimum atomic E-state index is 0.502. The summed E-state index contributed by atoms with van der Waals surface area (Å²) in [5.74, 6) is 1.14. The van der Waals surface area contributed by atoms with Crippen LogP contribution in [0.25, 0.3) is 16.8 Å². The Balaban J connectivity index is 1.73. The lowest BCUT2D eigenvalue weighted by Gasteiger charge is -2.07. The summed E-state index contributed by atoms with van der Waals surface area (Å²) in [5.41, 5.74) is 6.11. The second-order valence-electron chi connectivity index (χ2n) is 7.92. The molecule has 0 atom stereocenters. The maximum atomic E-state index is 9.58. The number of allylic oxidation sites excluding steroid dienone is 1. The van der Waals surface area contributed by atoms with E-state index in [9.17, 15) is 5.26 Å². The fourth-order valence-electron chi connectivity index (χ4n) is 3.07. The van der Waals surface area contributed by atoms with E-state index < -0.39 is 0 Å². The SMILES string of the molecule is CC(C)Cc1ccc(-c2csc(/C(C#N)=C/Nc3ccc(C(C)C)cc3)n2)cc1. The molecule has 0 unspecified atom stereocenters. The van der Waals surface area contributed by atoms with Crippen LogP contribution in [0, 0.1) is 17.2 Å². The van der Waals surface area contributed by atoms with Gasteiger partial charge in [-0.25, -0.2) is 4.98 Å². The summed E-state index contributed by atoms with van der Waals surface area (Å²) in [6.07, 6.45) is 2.81. The molecule has 3 nitrogen and oxygen atoms in total. The van der Waals surface area contributed by atoms with Gasteiger partial charge in [-0.15, -0.1) is 11.3 Å². The van der Waals surface area contributed by atoms with Crippen molar-refractivity contribution in [2.24, 2.45) is 5.92 Å². The van der Waals surface area contributed by atoms with Gasteiger partial charge in [-0.3, -0.25) is 0 Å². The molecule has 1 heterocycles. The largest absolute Gasteiger partial charge is 0.360 e. The molecule has 3 rings (SSSR count). The first-order valence-electron chi connectivity index (χ1n) is 9.98. The Morgan fingerprint density at radius 3 is 2.34 bits per heavy atom. The number of nitrogens with zero attached hydrogens (tertiary/aromatic N) is 2. The first-order valence-corrected chi connectivity index (χ1v) is 10.9. The van der Waals surface area contributed by atoms with Crippen LogP contribution >= 0.6 is 11.3 Å². The number of nitrogens with one attached hydrogen (secondary N) is 1. The first kappa shape index (κ1) is 20.8. The van der Waals surface area contributed by atoms with Gasteiger partial charge in [0.25, 0.3) is 0 Å². The maximum Gasteiger partial charge on any atom is 0.136 e. The van der Waals surface area contributed by atoms with Gasteiger partial charge in [0.15, 0.2) is 0 Å². The molecule has 148 valence electrons. The van der Waals surface area contributed by atoms with Crippen LogP contribution < -0.4 is 5.32 Å². The monoisotopic (exact) mass is 401 g/mol. The summed E-state index contributed by atoms with van der Waals surface area (Å²) < 4.78 is 0. The normalized spacial score (nSPS) is 11.7. The molecule has 0 saturated heterocycles. The van der Waals surface area contributed by atoms with Crippen LogP contribution in [0.2, 0.25) is 0 Å². The summed E-state index contributed by atoms with van der Waals surface area (Å²) in [7, 11) is 0. The highest BCUT2D eigenvalue weighted by Crippen LogP contribution is 2.27. The van der Waals surface area contributed by atoms with Crippen molar-refractivity contribution < 1.29 is 0 Å². The van der Waals surface area contributed by atoms with E-state index in [0.717, 1.165) is 28.4 Å². The van der Waals surface area contributed by atoms with Gasteiger partial charge < -0.3 is 5.32 Å². The first-order chi connectivity index (χ1) is 14.0. The summed E-state index contributed by atoms with van der Waals surface area (Å²) in [5, 5.41) is 15.5. The zero-order chi connectivity index (χ0) is 20.8. The van der Waals surface area contributed by atoms with Gasteiger partial charge in [-0.2, -0.15) is 5.26 Å². The van der Waals surface area contributed by atoms with Gasteiger partial charge in [-0.05, 0) is 41.5 Å². The van der Waals surface area contributed by atoms with Crippen molar-refractivity contribution in [3.8, 4) is 17.3 Å². The molecule has 0 aliphatic rings. The zero-order valence-electron chi connectivity index (χ0n) is 17.4. The molecule has 3 aromatic rings. The lowest BCUT2D eigenvalue weighted by atomic mass is 10.0. The predicted octanol–water partition coefficient (Wildman–Crippen LogP) is 7.11. The Morgan fingerprint density at radius 2 is 1.76 bits per heavy atom. The Bertz CT molecular complexity index is 1000. The van der Waals surface area contributed by atoms with Crippen molar-refractivity contribution >= 4 is 22.6 Å². The molecular formula is C25H27N3S. The highest BCUT2D eigenvalue weighted by Gasteiger charge is 2.09. The highest BCUT2D eigenvalue weighted by molar-refractivity contribution is 7.11. The van der Waals surface area contributed by atoms with Crippen LogP contribution in [0.3, 0.4) is 0 Å². The van der Waals surface area contributed by atoms with E-state index in [1.54, 1.807) is 6.20 Å². The predicted molar refractivity (Wildman–Crippen MR) is 124 cm³/mol. The van der Waals surface area contributed by atoms with E-state index in [4.69, 9.17) is 0 Å². The van der Waals surface area contributed by atoms with Crippen molar-refractivity contribution in [1.82, 2.24) is 4.98 Å². The van der Waals surface area contributed by atoms with E-state index in [0.29, 0.717) is 17.4 Å². The molecule has 2 aromatic carbocycles. The molecule has 0 amide bonds. The molecule has 1 N–H and O–H groups in total. The number of hydrogen-bond acceptors (Lipinski definition) is 4. The smallest absolute Gasteiger partial charge is 0.136 e. The Morgan fingerprint density at radius 1 is 1.07 bits per heavy atom. The lowest BCUT2D eigenvalue weighted by molar-refractivity contribution is 0.647. The van der Waals surface area contributed by atoms with Gasteiger partial charge in [0.1, 0.15) is 16.6 Å². The number of anilines is 1. The molecule has 0 radical (unpaired) electrons. The third-order valence-corrected chi connectivity index (χ3v) is 5.58. The van der Waals surface area contributed by atoms with E-state index in [1.165, 1.54) is 22.5 Å². The van der Waals surface area contributed by atoms with Gasteiger partial charge in [0, 0.05) is 22.8 Å². The standard InChI is InChI=1S/C25H27N3S/c1-17(2)13-19-5-7-21(8-6-19)24-16-29-25(28-24)22(14-26)15-27-23-11-9-20(10-12-23)18(3)4/h5-12,15-18,27H,13H2,1-4H3/b22-15+. The minimum Gasteiger partial charge on any atom is -0.360 e. The molecule has 29 heavy (non-hydrogen) atoms. The van der Waals surface area contributed by atoms with Crippen molar-refractivity contribution in [1.29, 1.82) is 5.26 Å². The number of thiazole rings is 1. The third-order valence-electron chi connectivity index (χ3n) is 4.71. The van der Waals surface area contributed by atoms with Crippen LogP contribution in [0.1, 0.15) is 49.7 Å². The fourth-order valence-corrected chi connectivity index (χ4v) is 3.87. The number of benzene rings is 2. The number of hydrogen-bond donors (Lipinski definition) is 1. The minimum absolute atomic E-state index is 0.502. The van der Waals surface area contributed by atoms with Crippen molar-refractivity contribution in [3.63, 3.8) is 0 Å². The summed E-state index contributed by atoms with van der Waals surface area (Å²) >= 11 is 1.49. The van der Waals surface area contributed by atoms with E-state index in [-0.39, 0.29) is 0 Å². The second-order valence-corrected chi connectivity index (χ2v) is 8.78. The molecule has 0 aliphatic carbocycles. The topological polar surface area (TPSA) is 48.7 Å². The summed E-state index contributed by atoms with van der Waals surface area (Å²) in [6, 6.07) is 19.1. The summed E-state index contributed by atoms with van der Waals surface area (Å²) in [6.45, 7) is 8.80. The molecule has 0 saturated carbocycles. The fraction of sp³-hybridized carbons (Fsp3) is 0.280. The number of aromatic nitrogens is 1. The van der Waals surface area contributed by atoms with Gasteiger partial charge >= 0.3 is 0 Å². The van der Waals surface area contributed by atoms with Crippen molar-refractivity contribution in [3.05, 3.63) is 76.2 Å². The zero-order valence-corrected chi connectivity index (χ0v) is 18.3. The molecule has 4 heteroatoms. The highest BCUT2D eigenvalue weighted by atomic mass is 32.1. The van der Waals surface area contributed by atoms with E-state index in [1.807, 2.05) is 17.5 Å². The van der Waals surface area contributed by atoms with Crippen LogP contribution in [0.4, 0.5) is 5.69 Å². The molecule has 0 aliphatic heterocycles. The quantitative estimate of drug-likeness (QED) is 0.429. The second kappa shape index (κ2) is 9.54. The van der Waals surface area contributed by atoms with Crippen LogP contribution in [0.5, 0.6) is 0 Å². The van der Waals surface area contributed by atoms with Crippen LogP contribution in [-0.2, 0) is 6.42 Å².